The van der Waals surface area contributed by atoms with Crippen LogP contribution in [0.25, 0.3) is 11.1 Å². The summed E-state index contributed by atoms with van der Waals surface area (Å²) in [6, 6.07) is 6.27. The number of benzene rings is 1. The monoisotopic (exact) mass is 409 g/mol. The van der Waals surface area contributed by atoms with E-state index in [1.165, 1.54) is 12.1 Å². The average Bonchev–Trinajstić information content (AvgIpc) is 2.66. The summed E-state index contributed by atoms with van der Waals surface area (Å²) in [5, 5.41) is 0. The molecule has 2 aromatic rings. The summed E-state index contributed by atoms with van der Waals surface area (Å²) >= 11 is 0. The predicted molar refractivity (Wildman–Crippen MR) is 99.6 cm³/mol. The lowest BCUT2D eigenvalue weighted by atomic mass is 9.89. The van der Waals surface area contributed by atoms with E-state index in [0.717, 1.165) is 5.56 Å². The minimum absolute atomic E-state index is 0.0420. The fourth-order valence-electron chi connectivity index (χ4n) is 3.28. The van der Waals surface area contributed by atoms with Crippen LogP contribution in [0.5, 0.6) is 5.88 Å². The van der Waals surface area contributed by atoms with Crippen LogP contribution in [0.15, 0.2) is 24.3 Å². The maximum absolute atomic E-state index is 14.7. The van der Waals surface area contributed by atoms with E-state index in [1.807, 2.05) is 0 Å². The number of rotatable bonds is 6. The van der Waals surface area contributed by atoms with Gasteiger partial charge < -0.3 is 14.2 Å². The maximum atomic E-state index is 14.7. The topological polar surface area (TPSA) is 57.7 Å². The molecule has 1 aromatic heterocycles. The molecule has 156 valence electrons. The Morgan fingerprint density at radius 2 is 2.07 bits per heavy atom. The van der Waals surface area contributed by atoms with E-state index in [0.29, 0.717) is 29.5 Å². The summed E-state index contributed by atoms with van der Waals surface area (Å²) < 4.78 is 54.9. The Morgan fingerprint density at radius 1 is 1.31 bits per heavy atom. The van der Waals surface area contributed by atoms with Crippen LogP contribution < -0.4 is 4.74 Å². The van der Waals surface area contributed by atoms with Crippen molar-refractivity contribution in [1.82, 2.24) is 4.98 Å². The van der Waals surface area contributed by atoms with Gasteiger partial charge in [-0.1, -0.05) is 12.1 Å². The highest BCUT2D eigenvalue weighted by Gasteiger charge is 2.36. The molecule has 0 spiro atoms. The molecule has 0 unspecified atom stereocenters. The molecule has 1 aliphatic heterocycles. The second-order valence-corrected chi connectivity index (χ2v) is 7.17. The van der Waals surface area contributed by atoms with Crippen LogP contribution in [0.3, 0.4) is 0 Å². The van der Waals surface area contributed by atoms with E-state index in [1.54, 1.807) is 32.9 Å². The zero-order valence-corrected chi connectivity index (χ0v) is 16.4. The molecule has 0 radical (unpaired) electrons. The molecule has 0 bridgehead atoms. The number of aromatic nitrogens is 1. The van der Waals surface area contributed by atoms with Crippen LogP contribution in [0, 0.1) is 12.7 Å². The van der Waals surface area contributed by atoms with Gasteiger partial charge in [0, 0.05) is 11.1 Å². The number of carbonyl (C=O) groups is 1. The van der Waals surface area contributed by atoms with E-state index in [-0.39, 0.29) is 24.8 Å². The number of fused-ring (bicyclic) bond motifs is 1. The van der Waals surface area contributed by atoms with Crippen molar-refractivity contribution in [2.45, 2.75) is 45.8 Å². The standard InChI is InChI=1S/C21H22F3NO4/c1-4-27-19(26)17-10-15(13-6-5-12(2)9-16(13)22)14-7-8-21(3,11-28-20(23)24)29-18(14)25-17/h5-6,9-10,20H,4,7-8,11H2,1-3H3/t21-/m0/s1. The van der Waals surface area contributed by atoms with Crippen molar-refractivity contribution < 1.29 is 32.2 Å². The summed E-state index contributed by atoms with van der Waals surface area (Å²) in [7, 11) is 0. The van der Waals surface area contributed by atoms with E-state index >= 15 is 0 Å². The zero-order valence-electron chi connectivity index (χ0n) is 16.4. The van der Waals surface area contributed by atoms with Crippen LogP contribution in [-0.4, -0.2) is 36.4 Å². The highest BCUT2D eigenvalue weighted by molar-refractivity contribution is 5.90. The van der Waals surface area contributed by atoms with Crippen molar-refractivity contribution in [2.75, 3.05) is 13.2 Å². The second-order valence-electron chi connectivity index (χ2n) is 7.17. The molecule has 1 atom stereocenters. The number of pyridine rings is 1. The van der Waals surface area contributed by atoms with Crippen LogP contribution >= 0.6 is 0 Å². The number of hydrogen-bond acceptors (Lipinski definition) is 5. The van der Waals surface area contributed by atoms with Crippen molar-refractivity contribution in [1.29, 1.82) is 0 Å². The smallest absolute Gasteiger partial charge is 0.357 e. The Labute approximate surface area is 166 Å². The number of ether oxygens (including phenoxy) is 3. The molecule has 2 heterocycles. The molecular formula is C21H22F3NO4. The summed E-state index contributed by atoms with van der Waals surface area (Å²) in [6.45, 7) is 1.94. The van der Waals surface area contributed by atoms with Gasteiger partial charge in [-0.3, -0.25) is 0 Å². The number of nitrogens with zero attached hydrogens (tertiary/aromatic N) is 1. The van der Waals surface area contributed by atoms with Crippen LogP contribution in [-0.2, 0) is 15.9 Å². The maximum Gasteiger partial charge on any atom is 0.357 e. The van der Waals surface area contributed by atoms with Gasteiger partial charge >= 0.3 is 12.6 Å². The van der Waals surface area contributed by atoms with Gasteiger partial charge in [0.15, 0.2) is 5.69 Å². The molecule has 0 N–H and O–H groups in total. The zero-order chi connectivity index (χ0) is 21.2. The lowest BCUT2D eigenvalue weighted by Gasteiger charge is -2.35. The van der Waals surface area contributed by atoms with E-state index in [2.05, 4.69) is 9.72 Å². The number of esters is 1. The van der Waals surface area contributed by atoms with Crippen molar-refractivity contribution in [2.24, 2.45) is 0 Å². The highest BCUT2D eigenvalue weighted by Crippen LogP contribution is 2.39. The Bertz CT molecular complexity index is 919. The first kappa shape index (κ1) is 21.1. The van der Waals surface area contributed by atoms with Crippen LogP contribution in [0.2, 0.25) is 0 Å². The average molecular weight is 409 g/mol. The highest BCUT2D eigenvalue weighted by atomic mass is 19.3. The van der Waals surface area contributed by atoms with Crippen molar-refractivity contribution in [3.63, 3.8) is 0 Å². The van der Waals surface area contributed by atoms with Gasteiger partial charge in [0.2, 0.25) is 5.88 Å². The first-order valence-electron chi connectivity index (χ1n) is 9.29. The Kier molecular flexibility index (Phi) is 6.12. The molecule has 1 aromatic carbocycles. The SMILES string of the molecule is CCOC(=O)c1cc(-c2ccc(C)cc2F)c2c(n1)O[C@](C)(COC(F)F)CC2. The molecule has 0 saturated heterocycles. The number of carbonyl (C=O) groups excluding carboxylic acids is 1. The number of alkyl halides is 2. The van der Waals surface area contributed by atoms with Crippen molar-refractivity contribution >= 4 is 5.97 Å². The first-order valence-corrected chi connectivity index (χ1v) is 9.29. The predicted octanol–water partition coefficient (Wildman–Crippen LogP) is 4.70. The molecule has 1 aliphatic rings. The molecule has 8 heteroatoms. The third-order valence-electron chi connectivity index (χ3n) is 4.75. The summed E-state index contributed by atoms with van der Waals surface area (Å²) in [4.78, 5) is 16.5. The molecule has 29 heavy (non-hydrogen) atoms. The van der Waals surface area contributed by atoms with Gasteiger partial charge in [-0.15, -0.1) is 0 Å². The Morgan fingerprint density at radius 3 is 2.72 bits per heavy atom. The summed E-state index contributed by atoms with van der Waals surface area (Å²) in [6.07, 6.45) is 0.769. The normalized spacial score (nSPS) is 18.3. The molecule has 0 aliphatic carbocycles. The lowest BCUT2D eigenvalue weighted by molar-refractivity contribution is -0.164. The van der Waals surface area contributed by atoms with Gasteiger partial charge in [0.25, 0.3) is 0 Å². The minimum Gasteiger partial charge on any atom is -0.469 e. The fourth-order valence-corrected chi connectivity index (χ4v) is 3.28. The van der Waals surface area contributed by atoms with Gasteiger partial charge in [-0.05, 0) is 56.9 Å². The molecule has 5 nitrogen and oxygen atoms in total. The third-order valence-corrected chi connectivity index (χ3v) is 4.75. The van der Waals surface area contributed by atoms with Crippen LogP contribution in [0.4, 0.5) is 13.2 Å². The van der Waals surface area contributed by atoms with Gasteiger partial charge in [-0.25, -0.2) is 14.2 Å². The minimum atomic E-state index is -2.92. The molecule has 0 fully saturated rings. The molecule has 3 rings (SSSR count). The van der Waals surface area contributed by atoms with Crippen molar-refractivity contribution in [3.8, 4) is 17.0 Å². The largest absolute Gasteiger partial charge is 0.469 e. The third kappa shape index (κ3) is 4.70. The van der Waals surface area contributed by atoms with E-state index in [9.17, 15) is 18.0 Å². The number of hydrogen-bond donors (Lipinski definition) is 0. The Balaban J connectivity index is 2.08. The van der Waals surface area contributed by atoms with Gasteiger partial charge in [0.05, 0.1) is 13.2 Å². The number of halogens is 3. The van der Waals surface area contributed by atoms with Crippen molar-refractivity contribution in [3.05, 3.63) is 46.9 Å². The number of aryl methyl sites for hydroxylation is 1. The molecular weight excluding hydrogens is 387 g/mol. The summed E-state index contributed by atoms with van der Waals surface area (Å²) in [5.74, 6) is -1.02. The van der Waals surface area contributed by atoms with Gasteiger partial charge in [-0.2, -0.15) is 8.78 Å². The fraction of sp³-hybridized carbons (Fsp3) is 0.429. The quantitative estimate of drug-likeness (QED) is 0.648. The van der Waals surface area contributed by atoms with Crippen LogP contribution in [0.1, 0.15) is 41.9 Å². The molecule has 0 amide bonds. The summed E-state index contributed by atoms with van der Waals surface area (Å²) in [5.41, 5.74) is 1.04. The molecule has 0 saturated carbocycles. The second kappa shape index (κ2) is 8.41. The van der Waals surface area contributed by atoms with E-state index < -0.39 is 24.0 Å². The Hall–Kier alpha value is -2.61. The van der Waals surface area contributed by atoms with E-state index in [4.69, 9.17) is 9.47 Å². The van der Waals surface area contributed by atoms with Gasteiger partial charge in [0.1, 0.15) is 11.4 Å². The lowest BCUT2D eigenvalue weighted by Crippen LogP contribution is -2.42. The first-order chi connectivity index (χ1) is 13.7.